The third-order valence-corrected chi connectivity index (χ3v) is 3.89. The van der Waals surface area contributed by atoms with Crippen molar-refractivity contribution in [1.29, 1.82) is 0 Å². The lowest BCUT2D eigenvalue weighted by Gasteiger charge is -2.12. The van der Waals surface area contributed by atoms with Crippen molar-refractivity contribution >= 4 is 17.2 Å². The lowest BCUT2D eigenvalue weighted by atomic mass is 10.0. The maximum atomic E-state index is 13.3. The number of amides is 1. The molecule has 1 aromatic carbocycles. The lowest BCUT2D eigenvalue weighted by molar-refractivity contribution is -0.137. The highest BCUT2D eigenvalue weighted by Crippen LogP contribution is 2.36. The monoisotopic (exact) mass is 384 g/mol. The second kappa shape index (κ2) is 6.72. The molecule has 0 fully saturated rings. The highest BCUT2D eigenvalue weighted by Gasteiger charge is 2.33. The molecule has 7 nitrogen and oxygen atoms in total. The van der Waals surface area contributed by atoms with E-state index in [1.165, 1.54) is 53.6 Å². The highest BCUT2D eigenvalue weighted by molar-refractivity contribution is 6.03. The number of hydrogen-bond acceptors (Lipinski definition) is 5. The number of rotatable bonds is 3. The van der Waals surface area contributed by atoms with Crippen molar-refractivity contribution in [3.8, 4) is 11.3 Å². The Labute approximate surface area is 155 Å². The number of nitrogens with zero attached hydrogens (tertiary/aromatic N) is 5. The number of benzene rings is 1. The smallest absolute Gasteiger partial charge is 0.315 e. The van der Waals surface area contributed by atoms with Crippen LogP contribution < -0.4 is 5.32 Å². The summed E-state index contributed by atoms with van der Waals surface area (Å²) in [6, 6.07) is 8.15. The Balaban J connectivity index is 1.75. The van der Waals surface area contributed by atoms with Gasteiger partial charge in [0.1, 0.15) is 5.69 Å². The number of anilines is 1. The van der Waals surface area contributed by atoms with Crippen molar-refractivity contribution in [3.05, 3.63) is 72.6 Å². The Morgan fingerprint density at radius 1 is 1.04 bits per heavy atom. The van der Waals surface area contributed by atoms with Gasteiger partial charge in [0, 0.05) is 24.2 Å². The summed E-state index contributed by atoms with van der Waals surface area (Å²) in [4.78, 5) is 24.2. The zero-order chi connectivity index (χ0) is 19.7. The first-order valence-corrected chi connectivity index (χ1v) is 8.03. The molecule has 0 aliphatic carbocycles. The minimum Gasteiger partial charge on any atom is -0.315 e. The summed E-state index contributed by atoms with van der Waals surface area (Å²) in [6.07, 6.45) is 1.14. The van der Waals surface area contributed by atoms with E-state index < -0.39 is 17.6 Å². The van der Waals surface area contributed by atoms with E-state index in [-0.39, 0.29) is 28.4 Å². The Hall–Kier alpha value is -3.82. The van der Waals surface area contributed by atoms with Gasteiger partial charge in [0.15, 0.2) is 5.65 Å². The van der Waals surface area contributed by atoms with E-state index in [9.17, 15) is 18.0 Å². The van der Waals surface area contributed by atoms with Crippen LogP contribution in [0.15, 0.2) is 61.2 Å². The molecular weight excluding hydrogens is 373 g/mol. The molecule has 1 N–H and O–H groups in total. The molecule has 140 valence electrons. The molecule has 0 saturated carbocycles. The van der Waals surface area contributed by atoms with E-state index in [0.29, 0.717) is 0 Å². The molecule has 0 aliphatic rings. The molecule has 0 spiro atoms. The van der Waals surface area contributed by atoms with Crippen molar-refractivity contribution in [2.45, 2.75) is 6.18 Å². The van der Waals surface area contributed by atoms with E-state index in [1.54, 1.807) is 6.07 Å². The molecule has 0 saturated heterocycles. The number of fused-ring (bicyclic) bond motifs is 1. The van der Waals surface area contributed by atoms with Gasteiger partial charge in [-0.2, -0.15) is 18.3 Å². The molecule has 0 aliphatic heterocycles. The summed E-state index contributed by atoms with van der Waals surface area (Å²) in [6.45, 7) is 0. The summed E-state index contributed by atoms with van der Waals surface area (Å²) >= 11 is 0. The van der Waals surface area contributed by atoms with Crippen LogP contribution in [0.3, 0.4) is 0 Å². The predicted molar refractivity (Wildman–Crippen MR) is 93.4 cm³/mol. The summed E-state index contributed by atoms with van der Waals surface area (Å²) < 4.78 is 41.3. The van der Waals surface area contributed by atoms with Gasteiger partial charge in [-0.15, -0.1) is 0 Å². The fraction of sp³-hybridized carbons (Fsp3) is 0.0556. The molecule has 28 heavy (non-hydrogen) atoms. The highest BCUT2D eigenvalue weighted by atomic mass is 19.4. The van der Waals surface area contributed by atoms with E-state index in [4.69, 9.17) is 0 Å². The Morgan fingerprint density at radius 2 is 1.79 bits per heavy atom. The maximum absolute atomic E-state index is 13.3. The van der Waals surface area contributed by atoms with Crippen LogP contribution in [-0.2, 0) is 6.18 Å². The number of halogens is 3. The number of hydrogen-bond donors (Lipinski definition) is 1. The normalized spacial score (nSPS) is 11.5. The summed E-state index contributed by atoms with van der Waals surface area (Å²) in [5, 5.41) is 6.62. The van der Waals surface area contributed by atoms with Crippen LogP contribution in [0.5, 0.6) is 0 Å². The average Bonchev–Trinajstić information content (AvgIpc) is 3.10. The molecule has 3 aromatic heterocycles. The number of carbonyl (C=O) groups is 1. The Morgan fingerprint density at radius 3 is 2.54 bits per heavy atom. The minimum absolute atomic E-state index is 0.0552. The molecular formula is C18H11F3N6O. The van der Waals surface area contributed by atoms with Gasteiger partial charge in [-0.05, 0) is 18.2 Å². The van der Waals surface area contributed by atoms with Crippen LogP contribution in [0.4, 0.5) is 18.9 Å². The summed E-state index contributed by atoms with van der Waals surface area (Å²) in [5.74, 6) is -0.640. The van der Waals surface area contributed by atoms with Crippen molar-refractivity contribution in [1.82, 2.24) is 24.6 Å². The molecule has 0 bridgehead atoms. The van der Waals surface area contributed by atoms with Gasteiger partial charge in [0.2, 0.25) is 5.82 Å². The largest absolute Gasteiger partial charge is 0.417 e. The quantitative estimate of drug-likeness (QED) is 0.585. The fourth-order valence-corrected chi connectivity index (χ4v) is 2.66. The average molecular weight is 384 g/mol. The zero-order valence-electron chi connectivity index (χ0n) is 14.1. The van der Waals surface area contributed by atoms with Gasteiger partial charge in [0.25, 0.3) is 5.91 Å². The van der Waals surface area contributed by atoms with Crippen molar-refractivity contribution < 1.29 is 18.0 Å². The number of alkyl halides is 3. The van der Waals surface area contributed by atoms with Gasteiger partial charge in [-0.1, -0.05) is 18.2 Å². The van der Waals surface area contributed by atoms with Gasteiger partial charge in [-0.25, -0.2) is 19.5 Å². The number of aromatic nitrogens is 5. The van der Waals surface area contributed by atoms with Gasteiger partial charge >= 0.3 is 6.18 Å². The zero-order valence-corrected chi connectivity index (χ0v) is 14.1. The van der Waals surface area contributed by atoms with Crippen LogP contribution in [-0.4, -0.2) is 30.5 Å². The van der Waals surface area contributed by atoms with Crippen LogP contribution in [0, 0.1) is 0 Å². The van der Waals surface area contributed by atoms with Gasteiger partial charge in [-0.3, -0.25) is 4.79 Å². The Kier molecular flexibility index (Phi) is 4.22. The Bertz CT molecular complexity index is 1160. The maximum Gasteiger partial charge on any atom is 0.417 e. The number of nitrogens with one attached hydrogen (secondary N) is 1. The lowest BCUT2D eigenvalue weighted by Crippen LogP contribution is -2.15. The van der Waals surface area contributed by atoms with Crippen LogP contribution in [0.1, 0.15) is 16.2 Å². The third kappa shape index (κ3) is 3.27. The molecule has 1 amide bonds. The molecule has 0 radical (unpaired) electrons. The minimum atomic E-state index is -4.52. The van der Waals surface area contributed by atoms with E-state index >= 15 is 0 Å². The first-order chi connectivity index (χ1) is 13.4. The molecule has 0 atom stereocenters. The van der Waals surface area contributed by atoms with Crippen LogP contribution in [0.25, 0.3) is 16.9 Å². The standard InChI is InChI=1S/C18H11F3N6O/c19-18(20,21)12-5-2-1-4-11(12)13-6-9-27-16(25-13)14(10-24-27)26-17(28)15-22-7-3-8-23-15/h1-10H,(H,26,28). The van der Waals surface area contributed by atoms with Gasteiger partial charge < -0.3 is 5.32 Å². The molecule has 4 rings (SSSR count). The molecule has 4 aromatic rings. The van der Waals surface area contributed by atoms with E-state index in [1.807, 2.05) is 0 Å². The topological polar surface area (TPSA) is 85.1 Å². The van der Waals surface area contributed by atoms with Crippen LogP contribution in [0.2, 0.25) is 0 Å². The predicted octanol–water partition coefficient (Wildman–Crippen LogP) is 3.46. The second-order valence-corrected chi connectivity index (χ2v) is 5.71. The van der Waals surface area contributed by atoms with Crippen molar-refractivity contribution in [2.75, 3.05) is 5.32 Å². The van der Waals surface area contributed by atoms with E-state index in [0.717, 1.165) is 6.07 Å². The SMILES string of the molecule is O=C(Nc1cnn2ccc(-c3ccccc3C(F)(F)F)nc12)c1ncccn1. The first kappa shape index (κ1) is 17.6. The third-order valence-electron chi connectivity index (χ3n) is 3.89. The number of carbonyl (C=O) groups excluding carboxylic acids is 1. The van der Waals surface area contributed by atoms with Crippen molar-refractivity contribution in [2.24, 2.45) is 0 Å². The molecule has 10 heteroatoms. The summed E-state index contributed by atoms with van der Waals surface area (Å²) in [7, 11) is 0. The molecule has 3 heterocycles. The van der Waals surface area contributed by atoms with E-state index in [2.05, 4.69) is 25.4 Å². The second-order valence-electron chi connectivity index (χ2n) is 5.71. The van der Waals surface area contributed by atoms with Gasteiger partial charge in [0.05, 0.1) is 17.5 Å². The van der Waals surface area contributed by atoms with Crippen molar-refractivity contribution in [3.63, 3.8) is 0 Å². The summed E-state index contributed by atoms with van der Waals surface area (Å²) in [5.41, 5.74) is -0.341. The van der Waals surface area contributed by atoms with Crippen LogP contribution >= 0.6 is 0 Å². The fourth-order valence-electron chi connectivity index (χ4n) is 2.66. The molecule has 0 unspecified atom stereocenters. The first-order valence-electron chi connectivity index (χ1n) is 8.03.